The average molecular weight is 318 g/mol. The highest BCUT2D eigenvalue weighted by Gasteiger charge is 2.31. The van der Waals surface area contributed by atoms with Crippen LogP contribution in [0.15, 0.2) is 24.3 Å². The van der Waals surface area contributed by atoms with Gasteiger partial charge in [0.2, 0.25) is 5.91 Å². The zero-order valence-electron chi connectivity index (χ0n) is 12.2. The minimum absolute atomic E-state index is 0.107. The number of nitrogens with one attached hydrogen (secondary N) is 1. The van der Waals surface area contributed by atoms with E-state index < -0.39 is 18.0 Å². The van der Waals surface area contributed by atoms with Gasteiger partial charge in [0, 0.05) is 18.7 Å². The minimum atomic E-state index is -4.78. The van der Waals surface area contributed by atoms with E-state index in [0.29, 0.717) is 13.1 Å². The molecule has 0 fully saturated rings. The van der Waals surface area contributed by atoms with Gasteiger partial charge >= 0.3 is 6.36 Å². The van der Waals surface area contributed by atoms with E-state index in [-0.39, 0.29) is 18.0 Å². The molecule has 0 saturated carbocycles. The van der Waals surface area contributed by atoms with Crippen molar-refractivity contribution in [3.05, 3.63) is 29.8 Å². The number of rotatable bonds is 6. The number of hydrogen-bond acceptors (Lipinski definition) is 3. The van der Waals surface area contributed by atoms with Crippen LogP contribution in [0.5, 0.6) is 5.75 Å². The Morgan fingerprint density at radius 1 is 1.18 bits per heavy atom. The second-order valence-electron chi connectivity index (χ2n) is 4.35. The van der Waals surface area contributed by atoms with Gasteiger partial charge in [-0.3, -0.25) is 9.59 Å². The maximum atomic E-state index is 12.2. The number of halogens is 3. The number of hydrogen-bond donors (Lipinski definition) is 1. The van der Waals surface area contributed by atoms with Gasteiger partial charge in [-0.05, 0) is 38.1 Å². The molecule has 0 saturated heterocycles. The highest BCUT2D eigenvalue weighted by molar-refractivity contribution is 5.96. The Hall–Kier alpha value is -2.25. The average Bonchev–Trinajstić information content (AvgIpc) is 2.43. The fourth-order valence-corrected chi connectivity index (χ4v) is 1.74. The van der Waals surface area contributed by atoms with Crippen molar-refractivity contribution in [3.63, 3.8) is 0 Å². The highest BCUT2D eigenvalue weighted by Crippen LogP contribution is 2.23. The molecular weight excluding hydrogens is 301 g/mol. The second-order valence-corrected chi connectivity index (χ2v) is 4.35. The lowest BCUT2D eigenvalue weighted by atomic mass is 10.2. The van der Waals surface area contributed by atoms with Crippen LogP contribution in [0.4, 0.5) is 13.2 Å². The van der Waals surface area contributed by atoms with Crippen molar-refractivity contribution in [2.75, 3.05) is 19.6 Å². The molecular formula is C14H17F3N2O3. The number of likely N-dealkylation sites (N-methyl/N-ethyl adjacent to an activating group) is 2. The normalized spacial score (nSPS) is 11.0. The quantitative estimate of drug-likeness (QED) is 0.874. The fourth-order valence-electron chi connectivity index (χ4n) is 1.74. The lowest BCUT2D eigenvalue weighted by Crippen LogP contribution is -2.40. The van der Waals surface area contributed by atoms with Gasteiger partial charge in [-0.2, -0.15) is 0 Å². The van der Waals surface area contributed by atoms with E-state index in [4.69, 9.17) is 0 Å². The van der Waals surface area contributed by atoms with Crippen LogP contribution in [0.25, 0.3) is 0 Å². The van der Waals surface area contributed by atoms with E-state index in [0.717, 1.165) is 12.1 Å². The number of alkyl halides is 3. The van der Waals surface area contributed by atoms with Crippen molar-refractivity contribution < 1.29 is 27.5 Å². The molecule has 0 aliphatic carbocycles. The third-order valence-corrected chi connectivity index (χ3v) is 2.71. The number of benzene rings is 1. The van der Waals surface area contributed by atoms with Crippen LogP contribution in [-0.2, 0) is 4.79 Å². The molecule has 2 amide bonds. The first-order valence-electron chi connectivity index (χ1n) is 6.68. The lowest BCUT2D eigenvalue weighted by molar-refractivity contribution is -0.274. The molecule has 1 rings (SSSR count). The smallest absolute Gasteiger partial charge is 0.406 e. The van der Waals surface area contributed by atoms with Crippen molar-refractivity contribution in [1.82, 2.24) is 10.2 Å². The molecule has 122 valence electrons. The molecule has 8 heteroatoms. The van der Waals surface area contributed by atoms with E-state index in [1.54, 1.807) is 13.8 Å². The Balaban J connectivity index is 2.76. The van der Waals surface area contributed by atoms with Crippen LogP contribution in [0.3, 0.4) is 0 Å². The molecule has 1 aromatic carbocycles. The standard InChI is InChI=1S/C14H17F3N2O3/c1-3-18-12(20)9-19(4-2)13(21)10-5-7-11(8-6-10)22-14(15,16)17/h5-8H,3-4,9H2,1-2H3,(H,18,20). The van der Waals surface area contributed by atoms with E-state index in [1.165, 1.54) is 17.0 Å². The molecule has 0 aliphatic rings. The first-order chi connectivity index (χ1) is 10.3. The maximum absolute atomic E-state index is 12.2. The summed E-state index contributed by atoms with van der Waals surface area (Å²) >= 11 is 0. The van der Waals surface area contributed by atoms with Crippen LogP contribution >= 0.6 is 0 Å². The van der Waals surface area contributed by atoms with E-state index in [1.807, 2.05) is 0 Å². The largest absolute Gasteiger partial charge is 0.573 e. The number of amides is 2. The molecule has 1 N–H and O–H groups in total. The zero-order valence-corrected chi connectivity index (χ0v) is 12.2. The van der Waals surface area contributed by atoms with Crippen LogP contribution in [0, 0.1) is 0 Å². The summed E-state index contributed by atoms with van der Waals surface area (Å²) in [5.74, 6) is -1.14. The molecule has 0 aliphatic heterocycles. The molecule has 0 radical (unpaired) electrons. The van der Waals surface area contributed by atoms with Gasteiger partial charge in [0.25, 0.3) is 5.91 Å². The molecule has 0 heterocycles. The minimum Gasteiger partial charge on any atom is -0.406 e. The van der Waals surface area contributed by atoms with Gasteiger partial charge in [0.15, 0.2) is 0 Å². The summed E-state index contributed by atoms with van der Waals surface area (Å²) in [5, 5.41) is 2.57. The zero-order chi connectivity index (χ0) is 16.8. The fraction of sp³-hybridized carbons (Fsp3) is 0.429. The molecule has 5 nitrogen and oxygen atoms in total. The van der Waals surface area contributed by atoms with Crippen LogP contribution < -0.4 is 10.1 Å². The van der Waals surface area contributed by atoms with Crippen molar-refractivity contribution in [3.8, 4) is 5.75 Å². The van der Waals surface area contributed by atoms with Gasteiger partial charge in [-0.1, -0.05) is 0 Å². The number of carbonyl (C=O) groups excluding carboxylic acids is 2. The predicted molar refractivity (Wildman–Crippen MR) is 73.4 cm³/mol. The van der Waals surface area contributed by atoms with Gasteiger partial charge in [0.1, 0.15) is 5.75 Å². The SMILES string of the molecule is CCNC(=O)CN(CC)C(=O)c1ccc(OC(F)(F)F)cc1. The Morgan fingerprint density at radius 2 is 1.77 bits per heavy atom. The summed E-state index contributed by atoms with van der Waals surface area (Å²) in [7, 11) is 0. The van der Waals surface area contributed by atoms with Crippen LogP contribution in [0.2, 0.25) is 0 Å². The second kappa shape index (κ2) is 7.67. The Morgan fingerprint density at radius 3 is 2.23 bits per heavy atom. The summed E-state index contributed by atoms with van der Waals surface area (Å²) in [5.41, 5.74) is 0.181. The van der Waals surface area contributed by atoms with Crippen LogP contribution in [0.1, 0.15) is 24.2 Å². The molecule has 0 bridgehead atoms. The van der Waals surface area contributed by atoms with Gasteiger partial charge in [-0.25, -0.2) is 0 Å². The van der Waals surface area contributed by atoms with Crippen molar-refractivity contribution in [2.45, 2.75) is 20.2 Å². The Bertz CT molecular complexity index is 515. The van der Waals surface area contributed by atoms with Crippen molar-refractivity contribution in [2.24, 2.45) is 0 Å². The monoisotopic (exact) mass is 318 g/mol. The van der Waals surface area contributed by atoms with Crippen molar-refractivity contribution in [1.29, 1.82) is 0 Å². The van der Waals surface area contributed by atoms with Crippen LogP contribution in [-0.4, -0.2) is 42.7 Å². The highest BCUT2D eigenvalue weighted by atomic mass is 19.4. The van der Waals surface area contributed by atoms with Gasteiger partial charge in [-0.15, -0.1) is 13.2 Å². The third-order valence-electron chi connectivity index (χ3n) is 2.71. The summed E-state index contributed by atoms with van der Waals surface area (Å²) < 4.78 is 39.9. The van der Waals surface area contributed by atoms with E-state index in [9.17, 15) is 22.8 Å². The number of nitrogens with zero attached hydrogens (tertiary/aromatic N) is 1. The molecule has 0 aromatic heterocycles. The summed E-state index contributed by atoms with van der Waals surface area (Å²) in [4.78, 5) is 25.0. The summed E-state index contributed by atoms with van der Waals surface area (Å²) in [6.07, 6.45) is -4.78. The predicted octanol–water partition coefficient (Wildman–Crippen LogP) is 2.18. The molecule has 0 unspecified atom stereocenters. The molecule has 22 heavy (non-hydrogen) atoms. The first-order valence-corrected chi connectivity index (χ1v) is 6.68. The topological polar surface area (TPSA) is 58.6 Å². The van der Waals surface area contributed by atoms with Gasteiger partial charge in [0.05, 0.1) is 6.54 Å². The lowest BCUT2D eigenvalue weighted by Gasteiger charge is -2.20. The Labute approximate surface area is 126 Å². The maximum Gasteiger partial charge on any atom is 0.573 e. The Kier molecular flexibility index (Phi) is 6.21. The number of carbonyl (C=O) groups is 2. The molecule has 0 atom stereocenters. The summed E-state index contributed by atoms with van der Waals surface area (Å²) in [6, 6.07) is 4.56. The third kappa shape index (κ3) is 5.63. The molecule has 1 aromatic rings. The first kappa shape index (κ1) is 17.8. The van der Waals surface area contributed by atoms with E-state index >= 15 is 0 Å². The number of ether oxygens (including phenoxy) is 1. The van der Waals surface area contributed by atoms with Gasteiger partial charge < -0.3 is 15.0 Å². The summed E-state index contributed by atoms with van der Waals surface area (Å²) in [6.45, 7) is 4.11. The molecule has 0 spiro atoms. The van der Waals surface area contributed by atoms with Crippen molar-refractivity contribution >= 4 is 11.8 Å². The van der Waals surface area contributed by atoms with E-state index in [2.05, 4.69) is 10.1 Å².